The fourth-order valence-corrected chi connectivity index (χ4v) is 5.61. The third kappa shape index (κ3) is 5.56. The van der Waals surface area contributed by atoms with Gasteiger partial charge in [0.05, 0.1) is 16.0 Å². The van der Waals surface area contributed by atoms with Crippen molar-refractivity contribution in [2.24, 2.45) is 0 Å². The maximum atomic E-state index is 13.1. The fraction of sp³-hybridized carbons (Fsp3) is 0.133. The van der Waals surface area contributed by atoms with Gasteiger partial charge in [-0.25, -0.2) is 18.1 Å². The molecular weight excluding hydrogens is 522 g/mol. The van der Waals surface area contributed by atoms with Gasteiger partial charge in [-0.15, -0.1) is 0 Å². The minimum Gasteiger partial charge on any atom is -1.00 e. The number of nitrogens with one attached hydrogen (secondary N) is 1. The molecule has 1 aliphatic carbocycles. The number of imidazole rings is 1. The first-order valence-electron chi connectivity index (χ1n) is 12.3. The summed E-state index contributed by atoms with van der Waals surface area (Å²) in [5.41, 5.74) is 5.03. The van der Waals surface area contributed by atoms with Crippen molar-refractivity contribution < 1.29 is 66.0 Å². The van der Waals surface area contributed by atoms with Gasteiger partial charge >= 0.3 is 51.4 Å². The van der Waals surface area contributed by atoms with Crippen LogP contribution in [0, 0.1) is 0 Å². The first-order valence-corrected chi connectivity index (χ1v) is 13.7. The van der Waals surface area contributed by atoms with Gasteiger partial charge in [-0.05, 0) is 53.8 Å². The molecule has 1 heterocycles. The molecular formula is C30H26KN3O3S. The Morgan fingerprint density at radius 3 is 2.13 bits per heavy atom. The number of rotatable bonds is 7. The average Bonchev–Trinajstić information content (AvgIpc) is 3.71. The summed E-state index contributed by atoms with van der Waals surface area (Å²) >= 11 is 0. The maximum Gasteiger partial charge on any atom is 1.00 e. The molecule has 0 saturated heterocycles. The van der Waals surface area contributed by atoms with E-state index in [0.717, 1.165) is 35.3 Å². The standard InChI is InChI=1S/C30H25N3O3S.K.H/c34-30(32-37(35,36)25-10-5-2-6-11-25)26-12-7-13-27-28(26)31-29(24-18-19-24)33(27)20-21-14-16-23(17-15-21)22-8-3-1-4-9-22;;/h1-17,24H,18-20H2,(H,32,34);;/q;+1;-1. The molecule has 1 N–H and O–H groups in total. The van der Waals surface area contributed by atoms with Crippen LogP contribution in [0.15, 0.2) is 108 Å². The van der Waals surface area contributed by atoms with E-state index in [9.17, 15) is 13.2 Å². The molecule has 0 spiro atoms. The van der Waals surface area contributed by atoms with E-state index >= 15 is 0 Å². The molecule has 1 aliphatic rings. The van der Waals surface area contributed by atoms with E-state index < -0.39 is 15.9 Å². The van der Waals surface area contributed by atoms with Crippen LogP contribution in [0.5, 0.6) is 0 Å². The number of hydrogen-bond acceptors (Lipinski definition) is 4. The average molecular weight is 548 g/mol. The summed E-state index contributed by atoms with van der Waals surface area (Å²) in [6.45, 7) is 0.616. The van der Waals surface area contributed by atoms with E-state index in [1.54, 1.807) is 30.3 Å². The first-order chi connectivity index (χ1) is 18.0. The molecule has 1 fully saturated rings. The van der Waals surface area contributed by atoms with Crippen molar-refractivity contribution in [3.05, 3.63) is 120 Å². The summed E-state index contributed by atoms with van der Waals surface area (Å²) in [4.78, 5) is 18.1. The Balaban J connectivity index is 0.00000176. The van der Waals surface area contributed by atoms with Gasteiger partial charge in [0.25, 0.3) is 15.9 Å². The maximum absolute atomic E-state index is 13.1. The number of para-hydroxylation sites is 1. The van der Waals surface area contributed by atoms with E-state index in [0.29, 0.717) is 18.0 Å². The molecule has 8 heteroatoms. The van der Waals surface area contributed by atoms with Crippen molar-refractivity contribution in [1.29, 1.82) is 0 Å². The Hall–Kier alpha value is -2.59. The number of carbonyl (C=O) groups excluding carboxylic acids is 1. The van der Waals surface area contributed by atoms with Crippen molar-refractivity contribution in [3.63, 3.8) is 0 Å². The second-order valence-corrected chi connectivity index (χ2v) is 11.0. The van der Waals surface area contributed by atoms with Crippen molar-refractivity contribution in [3.8, 4) is 11.1 Å². The van der Waals surface area contributed by atoms with Crippen LogP contribution in [0.2, 0.25) is 0 Å². The second kappa shape index (κ2) is 11.3. The number of aromatic nitrogens is 2. The van der Waals surface area contributed by atoms with Crippen LogP contribution in [0.4, 0.5) is 0 Å². The minimum atomic E-state index is -3.99. The van der Waals surface area contributed by atoms with Crippen molar-refractivity contribution in [2.75, 3.05) is 0 Å². The normalized spacial score (nSPS) is 13.2. The summed E-state index contributed by atoms with van der Waals surface area (Å²) in [6, 6.07) is 31.9. The van der Waals surface area contributed by atoms with Gasteiger partial charge in [0, 0.05) is 12.5 Å². The summed E-state index contributed by atoms with van der Waals surface area (Å²) in [7, 11) is -3.99. The van der Waals surface area contributed by atoms with Crippen molar-refractivity contribution in [2.45, 2.75) is 30.2 Å². The molecule has 4 aromatic carbocycles. The zero-order valence-electron chi connectivity index (χ0n) is 22.0. The quantitative estimate of drug-likeness (QED) is 0.318. The van der Waals surface area contributed by atoms with Gasteiger partial charge in [0.1, 0.15) is 11.3 Å². The molecule has 0 unspecified atom stereocenters. The third-order valence-electron chi connectivity index (χ3n) is 6.68. The number of hydrogen-bond donors (Lipinski definition) is 1. The third-order valence-corrected chi connectivity index (χ3v) is 8.02. The van der Waals surface area contributed by atoms with Gasteiger partial charge in [0.2, 0.25) is 0 Å². The number of nitrogens with zero attached hydrogens (tertiary/aromatic N) is 2. The van der Waals surface area contributed by atoms with Gasteiger partial charge in [-0.1, -0.05) is 78.9 Å². The molecule has 0 bridgehead atoms. The van der Waals surface area contributed by atoms with Crippen LogP contribution in [0.25, 0.3) is 22.2 Å². The van der Waals surface area contributed by atoms with Gasteiger partial charge in [-0.3, -0.25) is 4.79 Å². The van der Waals surface area contributed by atoms with Gasteiger partial charge < -0.3 is 5.99 Å². The summed E-state index contributed by atoms with van der Waals surface area (Å²) < 4.78 is 29.9. The largest absolute Gasteiger partial charge is 1.00 e. The van der Waals surface area contributed by atoms with Gasteiger partial charge in [0.15, 0.2) is 0 Å². The van der Waals surface area contributed by atoms with Crippen LogP contribution in [-0.4, -0.2) is 23.9 Å². The predicted octanol–water partition coefficient (Wildman–Crippen LogP) is 2.86. The SMILES string of the molecule is O=C(NS(=O)(=O)c1ccccc1)c1cccc2c1nc(C1CC1)n2Cc1ccc(-c2ccccc2)cc1.[H-].[K+]. The fourth-order valence-electron chi connectivity index (χ4n) is 4.62. The summed E-state index contributed by atoms with van der Waals surface area (Å²) in [5.74, 6) is 0.599. The molecule has 38 heavy (non-hydrogen) atoms. The van der Waals surface area contributed by atoms with Gasteiger partial charge in [-0.2, -0.15) is 0 Å². The first kappa shape index (κ1) is 27.0. The molecule has 6 nitrogen and oxygen atoms in total. The molecule has 0 radical (unpaired) electrons. The zero-order valence-corrected chi connectivity index (χ0v) is 25.0. The molecule has 1 aromatic heterocycles. The Kier molecular flexibility index (Phi) is 8.00. The number of sulfonamides is 1. The Bertz CT molecular complexity index is 1700. The van der Waals surface area contributed by atoms with E-state index in [2.05, 4.69) is 45.7 Å². The van der Waals surface area contributed by atoms with Crippen LogP contribution in [0.3, 0.4) is 0 Å². The number of carbonyl (C=O) groups is 1. The van der Waals surface area contributed by atoms with Crippen molar-refractivity contribution >= 4 is 27.0 Å². The van der Waals surface area contributed by atoms with Crippen LogP contribution >= 0.6 is 0 Å². The smallest absolute Gasteiger partial charge is 1.00 e. The summed E-state index contributed by atoms with van der Waals surface area (Å²) in [6.07, 6.45) is 2.11. The monoisotopic (exact) mass is 547 g/mol. The Morgan fingerprint density at radius 1 is 0.842 bits per heavy atom. The van der Waals surface area contributed by atoms with E-state index in [4.69, 9.17) is 4.98 Å². The zero-order chi connectivity index (χ0) is 25.4. The topological polar surface area (TPSA) is 81.1 Å². The molecule has 0 aliphatic heterocycles. The van der Waals surface area contributed by atoms with E-state index in [1.807, 2.05) is 24.3 Å². The second-order valence-electron chi connectivity index (χ2n) is 9.31. The predicted molar refractivity (Wildman–Crippen MR) is 145 cm³/mol. The van der Waals surface area contributed by atoms with Crippen LogP contribution < -0.4 is 56.1 Å². The summed E-state index contributed by atoms with van der Waals surface area (Å²) in [5, 5.41) is 0. The van der Waals surface area contributed by atoms with Crippen LogP contribution in [-0.2, 0) is 16.6 Å². The number of benzene rings is 4. The number of amides is 1. The molecule has 1 amide bonds. The van der Waals surface area contributed by atoms with E-state index in [1.165, 1.54) is 17.7 Å². The van der Waals surface area contributed by atoms with Crippen LogP contribution in [0.1, 0.15) is 41.9 Å². The Labute approximate surface area is 266 Å². The molecule has 5 aromatic rings. The molecule has 1 saturated carbocycles. The minimum absolute atomic E-state index is 0. The van der Waals surface area contributed by atoms with E-state index in [-0.39, 0.29) is 63.3 Å². The molecule has 0 atom stereocenters. The number of fused-ring (bicyclic) bond motifs is 1. The molecule has 6 rings (SSSR count). The van der Waals surface area contributed by atoms with Crippen molar-refractivity contribution in [1.82, 2.24) is 14.3 Å². The Morgan fingerprint density at radius 2 is 1.47 bits per heavy atom. The molecule has 186 valence electrons.